The van der Waals surface area contributed by atoms with Crippen molar-refractivity contribution in [3.8, 4) is 16.9 Å². The van der Waals surface area contributed by atoms with E-state index in [4.69, 9.17) is 4.74 Å². The average molecular weight is 267 g/mol. The summed E-state index contributed by atoms with van der Waals surface area (Å²) in [6, 6.07) is 17.0. The number of hydrogen-bond acceptors (Lipinski definition) is 2. The van der Waals surface area contributed by atoms with Crippen LogP contribution in [0.15, 0.2) is 48.5 Å². The van der Waals surface area contributed by atoms with Crippen LogP contribution < -0.4 is 4.74 Å². The molecule has 1 aliphatic heterocycles. The van der Waals surface area contributed by atoms with E-state index in [0.29, 0.717) is 0 Å². The molecule has 0 aromatic heterocycles. The smallest absolute Gasteiger partial charge is 0.126 e. The van der Waals surface area contributed by atoms with Crippen molar-refractivity contribution in [3.05, 3.63) is 54.1 Å². The number of hydrogen-bond donors (Lipinski definition) is 0. The van der Waals surface area contributed by atoms with Gasteiger partial charge < -0.3 is 4.74 Å². The summed E-state index contributed by atoms with van der Waals surface area (Å²) in [5, 5.41) is 0. The van der Waals surface area contributed by atoms with E-state index in [1.165, 1.54) is 42.6 Å². The van der Waals surface area contributed by atoms with Crippen LogP contribution in [0, 0.1) is 0 Å². The third-order valence-electron chi connectivity index (χ3n) is 3.95. The lowest BCUT2D eigenvalue weighted by Crippen LogP contribution is -2.18. The fourth-order valence-corrected chi connectivity index (χ4v) is 2.92. The lowest BCUT2D eigenvalue weighted by molar-refractivity contribution is 0.331. The number of nitrogens with zero attached hydrogens (tertiary/aromatic N) is 1. The Morgan fingerprint density at radius 3 is 2.60 bits per heavy atom. The molecule has 0 saturated carbocycles. The van der Waals surface area contributed by atoms with E-state index in [1.54, 1.807) is 7.11 Å². The van der Waals surface area contributed by atoms with E-state index in [1.807, 2.05) is 12.1 Å². The number of para-hydroxylation sites is 1. The maximum Gasteiger partial charge on any atom is 0.126 e. The van der Waals surface area contributed by atoms with Crippen LogP contribution in [0.5, 0.6) is 5.75 Å². The third-order valence-corrected chi connectivity index (χ3v) is 3.95. The molecule has 0 spiro atoms. The summed E-state index contributed by atoms with van der Waals surface area (Å²) in [5.74, 6) is 0.936. The van der Waals surface area contributed by atoms with Gasteiger partial charge in [0.1, 0.15) is 5.75 Å². The van der Waals surface area contributed by atoms with Gasteiger partial charge in [0.15, 0.2) is 0 Å². The molecule has 0 unspecified atom stereocenters. The van der Waals surface area contributed by atoms with Gasteiger partial charge in [0.2, 0.25) is 0 Å². The predicted molar refractivity (Wildman–Crippen MR) is 82.9 cm³/mol. The van der Waals surface area contributed by atoms with Gasteiger partial charge >= 0.3 is 0 Å². The Hall–Kier alpha value is -1.80. The first-order chi connectivity index (χ1) is 9.86. The molecule has 1 fully saturated rings. The molecule has 2 heteroatoms. The van der Waals surface area contributed by atoms with Crippen LogP contribution in [-0.4, -0.2) is 25.1 Å². The Labute approximate surface area is 121 Å². The second kappa shape index (κ2) is 6.10. The second-order valence-electron chi connectivity index (χ2n) is 5.38. The minimum absolute atomic E-state index is 0.936. The molecule has 0 bridgehead atoms. The lowest BCUT2D eigenvalue weighted by atomic mass is 10.0. The topological polar surface area (TPSA) is 12.5 Å². The van der Waals surface area contributed by atoms with E-state index in [2.05, 4.69) is 41.3 Å². The van der Waals surface area contributed by atoms with Crippen molar-refractivity contribution in [2.24, 2.45) is 0 Å². The molecule has 0 radical (unpaired) electrons. The standard InChI is InChI=1S/C18H21NO/c1-20-18-10-3-2-9-17(18)16-8-6-7-15(13-16)14-19-11-4-5-12-19/h2-3,6-10,13H,4-5,11-12,14H2,1H3. The normalized spacial score (nSPS) is 15.4. The van der Waals surface area contributed by atoms with Crippen LogP contribution in [0.25, 0.3) is 11.1 Å². The van der Waals surface area contributed by atoms with Gasteiger partial charge in [-0.3, -0.25) is 4.90 Å². The van der Waals surface area contributed by atoms with Gasteiger partial charge in [-0.2, -0.15) is 0 Å². The first-order valence-corrected chi connectivity index (χ1v) is 7.31. The maximum atomic E-state index is 5.46. The van der Waals surface area contributed by atoms with Crippen LogP contribution in [-0.2, 0) is 6.54 Å². The Morgan fingerprint density at radius 2 is 1.80 bits per heavy atom. The summed E-state index contributed by atoms with van der Waals surface area (Å²) in [6.45, 7) is 3.53. The molecule has 1 heterocycles. The molecule has 20 heavy (non-hydrogen) atoms. The van der Waals surface area contributed by atoms with Crippen LogP contribution >= 0.6 is 0 Å². The molecule has 104 valence electrons. The molecule has 1 saturated heterocycles. The molecule has 2 nitrogen and oxygen atoms in total. The zero-order chi connectivity index (χ0) is 13.8. The Balaban J connectivity index is 1.86. The summed E-state index contributed by atoms with van der Waals surface area (Å²) in [7, 11) is 1.73. The number of likely N-dealkylation sites (tertiary alicyclic amines) is 1. The van der Waals surface area contributed by atoms with Crippen molar-refractivity contribution in [1.29, 1.82) is 0 Å². The SMILES string of the molecule is COc1ccccc1-c1cccc(CN2CCCC2)c1. The van der Waals surface area contributed by atoms with Crippen molar-refractivity contribution < 1.29 is 4.74 Å². The third kappa shape index (κ3) is 2.86. The Bertz CT molecular complexity index is 573. The molecule has 0 N–H and O–H groups in total. The largest absolute Gasteiger partial charge is 0.496 e. The average Bonchev–Trinajstić information content (AvgIpc) is 3.00. The highest BCUT2D eigenvalue weighted by molar-refractivity contribution is 5.70. The van der Waals surface area contributed by atoms with Gasteiger partial charge in [0, 0.05) is 12.1 Å². The fourth-order valence-electron chi connectivity index (χ4n) is 2.92. The van der Waals surface area contributed by atoms with E-state index < -0.39 is 0 Å². The molecule has 0 aliphatic carbocycles. The predicted octanol–water partition coefficient (Wildman–Crippen LogP) is 3.96. The van der Waals surface area contributed by atoms with Crippen molar-refractivity contribution in [2.75, 3.05) is 20.2 Å². The van der Waals surface area contributed by atoms with Gasteiger partial charge in [0.05, 0.1) is 7.11 Å². The highest BCUT2D eigenvalue weighted by atomic mass is 16.5. The van der Waals surface area contributed by atoms with E-state index >= 15 is 0 Å². The molecular weight excluding hydrogens is 246 g/mol. The lowest BCUT2D eigenvalue weighted by Gasteiger charge is -2.15. The molecule has 0 atom stereocenters. The van der Waals surface area contributed by atoms with E-state index in [0.717, 1.165) is 12.3 Å². The second-order valence-corrected chi connectivity index (χ2v) is 5.38. The highest BCUT2D eigenvalue weighted by Crippen LogP contribution is 2.30. The summed E-state index contributed by atoms with van der Waals surface area (Å²) >= 11 is 0. The van der Waals surface area contributed by atoms with Crippen LogP contribution in [0.3, 0.4) is 0 Å². The van der Waals surface area contributed by atoms with Crippen molar-refractivity contribution in [2.45, 2.75) is 19.4 Å². The first-order valence-electron chi connectivity index (χ1n) is 7.31. The molecule has 3 rings (SSSR count). The van der Waals surface area contributed by atoms with E-state index in [9.17, 15) is 0 Å². The number of rotatable bonds is 4. The molecule has 2 aromatic carbocycles. The zero-order valence-corrected chi connectivity index (χ0v) is 12.0. The van der Waals surface area contributed by atoms with Crippen LogP contribution in [0.1, 0.15) is 18.4 Å². The molecule has 0 amide bonds. The number of methoxy groups -OCH3 is 1. The van der Waals surface area contributed by atoms with Crippen LogP contribution in [0.2, 0.25) is 0 Å². The quantitative estimate of drug-likeness (QED) is 0.831. The summed E-state index contributed by atoms with van der Waals surface area (Å²) < 4.78 is 5.46. The van der Waals surface area contributed by atoms with Crippen LogP contribution in [0.4, 0.5) is 0 Å². The Morgan fingerprint density at radius 1 is 1.00 bits per heavy atom. The molecule has 2 aromatic rings. The van der Waals surface area contributed by atoms with Gasteiger partial charge in [0.25, 0.3) is 0 Å². The van der Waals surface area contributed by atoms with Gasteiger partial charge in [-0.1, -0.05) is 36.4 Å². The first kappa shape index (κ1) is 13.2. The summed E-state index contributed by atoms with van der Waals surface area (Å²) in [4.78, 5) is 2.53. The van der Waals surface area contributed by atoms with Gasteiger partial charge in [-0.25, -0.2) is 0 Å². The maximum absolute atomic E-state index is 5.46. The minimum atomic E-state index is 0.936. The molecule has 1 aliphatic rings. The summed E-state index contributed by atoms with van der Waals surface area (Å²) in [6.07, 6.45) is 2.68. The van der Waals surface area contributed by atoms with Gasteiger partial charge in [-0.05, 0) is 49.2 Å². The summed E-state index contributed by atoms with van der Waals surface area (Å²) in [5.41, 5.74) is 3.78. The van der Waals surface area contributed by atoms with Crippen molar-refractivity contribution in [1.82, 2.24) is 4.90 Å². The monoisotopic (exact) mass is 267 g/mol. The van der Waals surface area contributed by atoms with Gasteiger partial charge in [-0.15, -0.1) is 0 Å². The van der Waals surface area contributed by atoms with Crippen molar-refractivity contribution in [3.63, 3.8) is 0 Å². The highest BCUT2D eigenvalue weighted by Gasteiger charge is 2.12. The number of benzene rings is 2. The van der Waals surface area contributed by atoms with E-state index in [-0.39, 0.29) is 0 Å². The zero-order valence-electron chi connectivity index (χ0n) is 12.0. The molecular formula is C18H21NO. The van der Waals surface area contributed by atoms with Crippen molar-refractivity contribution >= 4 is 0 Å². The Kier molecular flexibility index (Phi) is 4.03. The number of ether oxygens (including phenoxy) is 1. The minimum Gasteiger partial charge on any atom is -0.496 e. The fraction of sp³-hybridized carbons (Fsp3) is 0.333.